The summed E-state index contributed by atoms with van der Waals surface area (Å²) in [5, 5.41) is 18.9. The van der Waals surface area contributed by atoms with E-state index in [4.69, 9.17) is 5.11 Å². The number of carboxylic acids is 1. The summed E-state index contributed by atoms with van der Waals surface area (Å²) >= 11 is 1.13. The predicted octanol–water partition coefficient (Wildman–Crippen LogP) is 2.21. The molecule has 2 N–H and O–H groups in total. The van der Waals surface area contributed by atoms with E-state index >= 15 is 0 Å². The Morgan fingerprint density at radius 1 is 1.50 bits per heavy atom. The molecule has 0 aliphatic carbocycles. The summed E-state index contributed by atoms with van der Waals surface area (Å²) in [6, 6.07) is 5.66. The zero-order chi connectivity index (χ0) is 14.3. The number of hydrogen-bond donors (Lipinski definition) is 2. The summed E-state index contributed by atoms with van der Waals surface area (Å²) in [4.78, 5) is 17.1. The van der Waals surface area contributed by atoms with Crippen LogP contribution >= 0.6 is 11.8 Å². The minimum Gasteiger partial charge on any atom is -0.494 e. The van der Waals surface area contributed by atoms with Gasteiger partial charge < -0.3 is 19.5 Å². The third kappa shape index (κ3) is 1.82. The number of aromatic nitrogens is 2. The van der Waals surface area contributed by atoms with Gasteiger partial charge in [-0.3, -0.25) is 0 Å². The Kier molecular flexibility index (Phi) is 3.06. The van der Waals surface area contributed by atoms with E-state index in [0.717, 1.165) is 23.1 Å². The fraction of sp³-hybridized carbons (Fsp3) is 0.231. The van der Waals surface area contributed by atoms with Gasteiger partial charge in [-0.15, -0.1) is 0 Å². The van der Waals surface area contributed by atoms with Crippen LogP contribution in [0.25, 0.3) is 5.65 Å². The molecule has 1 unspecified atom stereocenters. The standard InChI is InChI=1S/C13H13N3O3S/c1-2-15-11(17)10(13(18)19)20-12(15)8-7-14-9-5-3-4-6-16(8)9/h3-7,12,17H,2H2,1H3,(H,18,19). The summed E-state index contributed by atoms with van der Waals surface area (Å²) in [5.74, 6) is -1.29. The maximum atomic E-state index is 11.2. The number of carboxylic acid groups (broad SMARTS) is 1. The van der Waals surface area contributed by atoms with E-state index in [9.17, 15) is 9.90 Å². The molecule has 0 radical (unpaired) electrons. The molecule has 0 spiro atoms. The van der Waals surface area contributed by atoms with E-state index in [1.807, 2.05) is 35.7 Å². The van der Waals surface area contributed by atoms with Gasteiger partial charge in [0, 0.05) is 12.7 Å². The molecule has 7 heteroatoms. The van der Waals surface area contributed by atoms with Crippen LogP contribution in [0.1, 0.15) is 18.0 Å². The van der Waals surface area contributed by atoms with Crippen molar-refractivity contribution >= 4 is 23.4 Å². The summed E-state index contributed by atoms with van der Waals surface area (Å²) in [6.45, 7) is 2.39. The molecule has 0 bridgehead atoms. The van der Waals surface area contributed by atoms with E-state index < -0.39 is 5.97 Å². The zero-order valence-corrected chi connectivity index (χ0v) is 11.5. The molecule has 0 aromatic carbocycles. The lowest BCUT2D eigenvalue weighted by Crippen LogP contribution is -2.23. The van der Waals surface area contributed by atoms with Gasteiger partial charge in [-0.25, -0.2) is 9.78 Å². The number of aliphatic hydroxyl groups is 1. The molecule has 3 heterocycles. The second kappa shape index (κ2) is 4.75. The highest BCUT2D eigenvalue weighted by molar-refractivity contribution is 8.04. The van der Waals surface area contributed by atoms with E-state index in [2.05, 4.69) is 4.98 Å². The molecule has 1 atom stereocenters. The number of nitrogens with zero attached hydrogens (tertiary/aromatic N) is 3. The smallest absolute Gasteiger partial charge is 0.347 e. The van der Waals surface area contributed by atoms with Gasteiger partial charge in [0.2, 0.25) is 5.88 Å². The molecule has 2 aromatic heterocycles. The molecular weight excluding hydrogens is 278 g/mol. The van der Waals surface area contributed by atoms with Crippen molar-refractivity contribution in [3.63, 3.8) is 0 Å². The van der Waals surface area contributed by atoms with Crippen LogP contribution in [0.4, 0.5) is 0 Å². The van der Waals surface area contributed by atoms with Gasteiger partial charge in [0.1, 0.15) is 11.0 Å². The molecule has 2 aromatic rings. The van der Waals surface area contributed by atoms with Crippen LogP contribution in [0.5, 0.6) is 0 Å². The van der Waals surface area contributed by atoms with Crippen molar-refractivity contribution < 1.29 is 15.0 Å². The Morgan fingerprint density at radius 3 is 3.00 bits per heavy atom. The molecule has 3 rings (SSSR count). The molecule has 1 aliphatic rings. The van der Waals surface area contributed by atoms with Crippen LogP contribution in [0.15, 0.2) is 41.4 Å². The van der Waals surface area contributed by atoms with Crippen molar-refractivity contribution in [2.24, 2.45) is 0 Å². The van der Waals surface area contributed by atoms with E-state index in [-0.39, 0.29) is 16.2 Å². The molecule has 6 nitrogen and oxygen atoms in total. The van der Waals surface area contributed by atoms with Gasteiger partial charge in [-0.1, -0.05) is 17.8 Å². The fourth-order valence-electron chi connectivity index (χ4n) is 2.29. The lowest BCUT2D eigenvalue weighted by atomic mass is 10.3. The van der Waals surface area contributed by atoms with Gasteiger partial charge in [0.05, 0.1) is 11.9 Å². The van der Waals surface area contributed by atoms with Crippen molar-refractivity contribution in [1.82, 2.24) is 14.3 Å². The summed E-state index contributed by atoms with van der Waals surface area (Å²) < 4.78 is 1.90. The first kappa shape index (κ1) is 12.9. The Hall–Kier alpha value is -2.15. The number of thioether (sulfide) groups is 1. The number of carbonyl (C=O) groups is 1. The first-order chi connectivity index (χ1) is 9.63. The first-order valence-corrected chi connectivity index (χ1v) is 7.03. The Morgan fingerprint density at radius 2 is 2.30 bits per heavy atom. The highest BCUT2D eigenvalue weighted by Crippen LogP contribution is 2.46. The molecule has 0 fully saturated rings. The Bertz CT molecular complexity index is 710. The first-order valence-electron chi connectivity index (χ1n) is 6.15. The monoisotopic (exact) mass is 291 g/mol. The molecule has 1 aliphatic heterocycles. The van der Waals surface area contributed by atoms with Gasteiger partial charge in [-0.2, -0.15) is 0 Å². The highest BCUT2D eigenvalue weighted by Gasteiger charge is 2.37. The Balaban J connectivity index is 2.05. The Labute approximate surface area is 119 Å². The molecule has 104 valence electrons. The van der Waals surface area contributed by atoms with Crippen molar-refractivity contribution in [3.05, 3.63) is 47.1 Å². The fourth-order valence-corrected chi connectivity index (χ4v) is 3.50. The SMILES string of the molecule is CCN1C(O)=C(C(=O)O)SC1c1cnc2ccccn12. The van der Waals surface area contributed by atoms with E-state index in [1.165, 1.54) is 0 Å². The normalized spacial score (nSPS) is 19.1. The van der Waals surface area contributed by atoms with Crippen LogP contribution in [0.2, 0.25) is 0 Å². The average molecular weight is 291 g/mol. The number of fused-ring (bicyclic) bond motifs is 1. The second-order valence-corrected chi connectivity index (χ2v) is 5.42. The minimum absolute atomic E-state index is 0.0252. The van der Waals surface area contributed by atoms with Crippen LogP contribution in [0.3, 0.4) is 0 Å². The minimum atomic E-state index is -1.11. The molecule has 0 saturated heterocycles. The van der Waals surface area contributed by atoms with Gasteiger partial charge >= 0.3 is 5.97 Å². The highest BCUT2D eigenvalue weighted by atomic mass is 32.2. The maximum Gasteiger partial charge on any atom is 0.347 e. The molecular formula is C13H13N3O3S. The van der Waals surface area contributed by atoms with Gasteiger partial charge in [-0.05, 0) is 19.1 Å². The number of aliphatic hydroxyl groups excluding tert-OH is 1. The number of rotatable bonds is 3. The van der Waals surface area contributed by atoms with Crippen LogP contribution < -0.4 is 0 Å². The third-order valence-electron chi connectivity index (χ3n) is 3.22. The quantitative estimate of drug-likeness (QED) is 0.902. The lowest BCUT2D eigenvalue weighted by Gasteiger charge is -2.23. The zero-order valence-electron chi connectivity index (χ0n) is 10.7. The van der Waals surface area contributed by atoms with Crippen molar-refractivity contribution in [1.29, 1.82) is 0 Å². The molecule has 20 heavy (non-hydrogen) atoms. The third-order valence-corrected chi connectivity index (χ3v) is 4.53. The van der Waals surface area contributed by atoms with E-state index in [1.54, 1.807) is 11.1 Å². The number of hydrogen-bond acceptors (Lipinski definition) is 5. The van der Waals surface area contributed by atoms with E-state index in [0.29, 0.717) is 6.54 Å². The number of pyridine rings is 1. The molecule has 0 saturated carbocycles. The largest absolute Gasteiger partial charge is 0.494 e. The molecule has 0 amide bonds. The van der Waals surface area contributed by atoms with Crippen molar-refractivity contribution in [2.45, 2.75) is 12.3 Å². The second-order valence-electron chi connectivity index (χ2n) is 4.33. The van der Waals surface area contributed by atoms with Crippen LogP contribution in [-0.2, 0) is 4.79 Å². The number of imidazole rings is 1. The van der Waals surface area contributed by atoms with Crippen molar-refractivity contribution in [2.75, 3.05) is 6.54 Å². The lowest BCUT2D eigenvalue weighted by molar-refractivity contribution is -0.132. The van der Waals surface area contributed by atoms with Gasteiger partial charge in [0.25, 0.3) is 0 Å². The summed E-state index contributed by atoms with van der Waals surface area (Å²) in [6.07, 6.45) is 3.59. The van der Waals surface area contributed by atoms with Crippen LogP contribution in [-0.4, -0.2) is 37.0 Å². The van der Waals surface area contributed by atoms with Gasteiger partial charge in [0.15, 0.2) is 4.91 Å². The average Bonchev–Trinajstić information content (AvgIpc) is 2.99. The van der Waals surface area contributed by atoms with Crippen molar-refractivity contribution in [3.8, 4) is 0 Å². The summed E-state index contributed by atoms with van der Waals surface area (Å²) in [7, 11) is 0. The maximum absolute atomic E-state index is 11.2. The van der Waals surface area contributed by atoms with Crippen LogP contribution in [0, 0.1) is 0 Å². The predicted molar refractivity (Wildman–Crippen MR) is 75.2 cm³/mol. The number of aliphatic carboxylic acids is 1. The summed E-state index contributed by atoms with van der Waals surface area (Å²) in [5.41, 5.74) is 1.64. The topological polar surface area (TPSA) is 78.1 Å².